The molecule has 1 saturated heterocycles. The van der Waals surface area contributed by atoms with Gasteiger partial charge in [0.2, 0.25) is 5.91 Å². The van der Waals surface area contributed by atoms with Crippen LogP contribution in [0.2, 0.25) is 0 Å². The minimum absolute atomic E-state index is 0.0552. The Kier molecular flexibility index (Phi) is 4.40. The van der Waals surface area contributed by atoms with Crippen molar-refractivity contribution in [2.75, 3.05) is 26.2 Å². The smallest absolute Gasteiger partial charge is 0.250 e. The summed E-state index contributed by atoms with van der Waals surface area (Å²) in [5, 5.41) is 6.26. The standard InChI is InChI=1S/C13H24N2O2/c1-2-4-13(5-3-6-13)10-15-12(16)11-9-14-7-8-17-11/h11,14H,2-10H2,1H3,(H,15,16). The van der Waals surface area contributed by atoms with E-state index in [2.05, 4.69) is 17.6 Å². The van der Waals surface area contributed by atoms with Crippen molar-refractivity contribution >= 4 is 5.91 Å². The van der Waals surface area contributed by atoms with Crippen LogP contribution in [0.25, 0.3) is 0 Å². The summed E-state index contributed by atoms with van der Waals surface area (Å²) in [4.78, 5) is 11.9. The van der Waals surface area contributed by atoms with Gasteiger partial charge in [-0.05, 0) is 24.7 Å². The largest absolute Gasteiger partial charge is 0.366 e. The van der Waals surface area contributed by atoms with Gasteiger partial charge in [0, 0.05) is 19.6 Å². The third-order valence-electron chi connectivity index (χ3n) is 4.05. The number of rotatable bonds is 5. The van der Waals surface area contributed by atoms with Crippen molar-refractivity contribution in [2.24, 2.45) is 5.41 Å². The lowest BCUT2D eigenvalue weighted by molar-refractivity contribution is -0.135. The van der Waals surface area contributed by atoms with Crippen molar-refractivity contribution in [3.63, 3.8) is 0 Å². The first-order valence-corrected chi connectivity index (χ1v) is 6.86. The van der Waals surface area contributed by atoms with Crippen molar-refractivity contribution in [3.05, 3.63) is 0 Å². The van der Waals surface area contributed by atoms with Crippen molar-refractivity contribution in [3.8, 4) is 0 Å². The maximum Gasteiger partial charge on any atom is 0.250 e. The van der Waals surface area contributed by atoms with Crippen molar-refractivity contribution < 1.29 is 9.53 Å². The van der Waals surface area contributed by atoms with Gasteiger partial charge in [-0.1, -0.05) is 19.8 Å². The summed E-state index contributed by atoms with van der Waals surface area (Å²) in [6.07, 6.45) is 6.00. The summed E-state index contributed by atoms with van der Waals surface area (Å²) in [6, 6.07) is 0. The number of nitrogens with one attached hydrogen (secondary N) is 2. The van der Waals surface area contributed by atoms with Gasteiger partial charge in [-0.25, -0.2) is 0 Å². The number of hydrogen-bond acceptors (Lipinski definition) is 3. The van der Waals surface area contributed by atoms with E-state index in [1.807, 2.05) is 0 Å². The van der Waals surface area contributed by atoms with E-state index in [-0.39, 0.29) is 12.0 Å². The number of ether oxygens (including phenoxy) is 1. The molecule has 0 aromatic carbocycles. The Hall–Kier alpha value is -0.610. The second kappa shape index (κ2) is 5.83. The second-order valence-electron chi connectivity index (χ2n) is 5.38. The Labute approximate surface area is 103 Å². The predicted molar refractivity (Wildman–Crippen MR) is 66.8 cm³/mol. The Balaban J connectivity index is 1.74. The molecule has 1 unspecified atom stereocenters. The number of morpholine rings is 1. The number of carbonyl (C=O) groups is 1. The summed E-state index contributed by atoms with van der Waals surface area (Å²) in [5.41, 5.74) is 0.395. The van der Waals surface area contributed by atoms with E-state index in [0.29, 0.717) is 18.6 Å². The molecule has 2 aliphatic rings. The molecule has 1 amide bonds. The summed E-state index contributed by atoms with van der Waals surface area (Å²) < 4.78 is 5.44. The maximum absolute atomic E-state index is 11.9. The van der Waals surface area contributed by atoms with E-state index in [0.717, 1.165) is 13.1 Å². The summed E-state index contributed by atoms with van der Waals surface area (Å²) >= 11 is 0. The van der Waals surface area contributed by atoms with Crippen molar-refractivity contribution in [1.82, 2.24) is 10.6 Å². The highest BCUT2D eigenvalue weighted by molar-refractivity contribution is 5.81. The topological polar surface area (TPSA) is 50.4 Å². The molecule has 2 rings (SSSR count). The maximum atomic E-state index is 11.9. The summed E-state index contributed by atoms with van der Waals surface area (Å²) in [6.45, 7) is 5.18. The third-order valence-corrected chi connectivity index (χ3v) is 4.05. The molecule has 2 N–H and O–H groups in total. The second-order valence-corrected chi connectivity index (χ2v) is 5.38. The summed E-state index contributed by atoms with van der Waals surface area (Å²) in [7, 11) is 0. The summed E-state index contributed by atoms with van der Waals surface area (Å²) in [5.74, 6) is 0.0552. The molecule has 0 bridgehead atoms. The van der Waals surface area contributed by atoms with Gasteiger partial charge in [0.1, 0.15) is 6.10 Å². The minimum atomic E-state index is -0.289. The molecule has 2 fully saturated rings. The zero-order valence-corrected chi connectivity index (χ0v) is 10.8. The highest BCUT2D eigenvalue weighted by atomic mass is 16.5. The minimum Gasteiger partial charge on any atom is -0.366 e. The van der Waals surface area contributed by atoms with E-state index in [1.165, 1.54) is 32.1 Å². The molecule has 98 valence electrons. The fourth-order valence-electron chi connectivity index (χ4n) is 2.84. The van der Waals surface area contributed by atoms with Crippen LogP contribution < -0.4 is 10.6 Å². The van der Waals surface area contributed by atoms with Gasteiger partial charge in [-0.15, -0.1) is 0 Å². The van der Waals surface area contributed by atoms with Gasteiger partial charge in [0.15, 0.2) is 0 Å². The molecule has 0 aromatic rings. The third kappa shape index (κ3) is 3.19. The molecule has 0 spiro atoms. The SMILES string of the molecule is CCCC1(CNC(=O)C2CNCCO2)CCC1. The molecule has 4 nitrogen and oxygen atoms in total. The van der Waals surface area contributed by atoms with E-state index >= 15 is 0 Å². The van der Waals surface area contributed by atoms with Gasteiger partial charge in [-0.2, -0.15) is 0 Å². The Morgan fingerprint density at radius 2 is 2.35 bits per heavy atom. The molecule has 1 heterocycles. The van der Waals surface area contributed by atoms with Gasteiger partial charge in [0.05, 0.1) is 6.61 Å². The van der Waals surface area contributed by atoms with Gasteiger partial charge < -0.3 is 15.4 Å². The van der Waals surface area contributed by atoms with Gasteiger partial charge in [-0.3, -0.25) is 4.79 Å². The van der Waals surface area contributed by atoms with Crippen LogP contribution in [0.3, 0.4) is 0 Å². The molecule has 1 aliphatic carbocycles. The molecule has 0 radical (unpaired) electrons. The lowest BCUT2D eigenvalue weighted by Gasteiger charge is -2.42. The normalized spacial score (nSPS) is 27.2. The average Bonchev–Trinajstić information content (AvgIpc) is 2.33. The van der Waals surface area contributed by atoms with E-state index in [9.17, 15) is 4.79 Å². The zero-order valence-electron chi connectivity index (χ0n) is 10.8. The zero-order chi connectivity index (χ0) is 12.1. The van der Waals surface area contributed by atoms with Crippen molar-refractivity contribution in [2.45, 2.75) is 45.1 Å². The lowest BCUT2D eigenvalue weighted by atomic mass is 9.66. The fourth-order valence-corrected chi connectivity index (χ4v) is 2.84. The molecule has 4 heteroatoms. The van der Waals surface area contributed by atoms with Crippen LogP contribution >= 0.6 is 0 Å². The van der Waals surface area contributed by atoms with E-state index < -0.39 is 0 Å². The van der Waals surface area contributed by atoms with E-state index in [4.69, 9.17) is 4.74 Å². The van der Waals surface area contributed by atoms with E-state index in [1.54, 1.807) is 0 Å². The lowest BCUT2D eigenvalue weighted by Crippen LogP contribution is -2.51. The number of hydrogen-bond donors (Lipinski definition) is 2. The molecule has 1 saturated carbocycles. The molecule has 1 aliphatic heterocycles. The van der Waals surface area contributed by atoms with Crippen LogP contribution in [-0.4, -0.2) is 38.3 Å². The van der Waals surface area contributed by atoms with Crippen LogP contribution in [0.1, 0.15) is 39.0 Å². The van der Waals surface area contributed by atoms with Crippen LogP contribution in [0.15, 0.2) is 0 Å². The average molecular weight is 240 g/mol. The Morgan fingerprint density at radius 3 is 2.88 bits per heavy atom. The first kappa shape index (κ1) is 12.8. The molecule has 0 aromatic heterocycles. The predicted octanol–water partition coefficient (Wildman–Crippen LogP) is 1.06. The fraction of sp³-hybridized carbons (Fsp3) is 0.923. The quantitative estimate of drug-likeness (QED) is 0.755. The first-order valence-electron chi connectivity index (χ1n) is 6.86. The molecular weight excluding hydrogens is 216 g/mol. The molecular formula is C13H24N2O2. The van der Waals surface area contributed by atoms with Crippen molar-refractivity contribution in [1.29, 1.82) is 0 Å². The van der Waals surface area contributed by atoms with Crippen LogP contribution in [0.4, 0.5) is 0 Å². The molecule has 1 atom stereocenters. The first-order chi connectivity index (χ1) is 8.26. The monoisotopic (exact) mass is 240 g/mol. The Bertz CT molecular complexity index is 258. The van der Waals surface area contributed by atoms with Gasteiger partial charge in [0.25, 0.3) is 0 Å². The molecule has 17 heavy (non-hydrogen) atoms. The highest BCUT2D eigenvalue weighted by Crippen LogP contribution is 2.44. The van der Waals surface area contributed by atoms with Gasteiger partial charge >= 0.3 is 0 Å². The number of carbonyl (C=O) groups excluding carboxylic acids is 1. The van der Waals surface area contributed by atoms with Crippen LogP contribution in [0, 0.1) is 5.41 Å². The van der Waals surface area contributed by atoms with Crippen LogP contribution in [0.5, 0.6) is 0 Å². The number of amides is 1. The highest BCUT2D eigenvalue weighted by Gasteiger charge is 2.36. The van der Waals surface area contributed by atoms with Crippen LogP contribution in [-0.2, 0) is 9.53 Å². The Morgan fingerprint density at radius 1 is 1.53 bits per heavy atom.